The summed E-state index contributed by atoms with van der Waals surface area (Å²) in [6, 6.07) is 16.5. The molecule has 0 bridgehead atoms. The second-order valence-electron chi connectivity index (χ2n) is 7.89. The Labute approximate surface area is 176 Å². The van der Waals surface area contributed by atoms with Crippen molar-refractivity contribution in [1.29, 1.82) is 0 Å². The monoisotopic (exact) mass is 405 g/mol. The molecule has 0 radical (unpaired) electrons. The Bertz CT molecular complexity index is 1020. The maximum absolute atomic E-state index is 12.8. The number of nitrogens with zero attached hydrogens (tertiary/aromatic N) is 4. The number of fused-ring (bicyclic) bond motifs is 1. The largest absolute Gasteiger partial charge is 0.378 e. The van der Waals surface area contributed by atoms with Gasteiger partial charge in [0.15, 0.2) is 5.82 Å². The van der Waals surface area contributed by atoms with Crippen LogP contribution in [0.4, 0.5) is 16.3 Å². The van der Waals surface area contributed by atoms with Crippen molar-refractivity contribution in [2.75, 3.05) is 49.6 Å². The highest BCUT2D eigenvalue weighted by atomic mass is 16.5. The van der Waals surface area contributed by atoms with Crippen molar-refractivity contribution in [2.45, 2.75) is 19.4 Å². The van der Waals surface area contributed by atoms with Gasteiger partial charge in [0.2, 0.25) is 0 Å². The summed E-state index contributed by atoms with van der Waals surface area (Å²) < 4.78 is 7.54. The lowest BCUT2D eigenvalue weighted by Gasteiger charge is -2.29. The number of anilines is 2. The molecule has 156 valence electrons. The second-order valence-corrected chi connectivity index (χ2v) is 7.89. The highest BCUT2D eigenvalue weighted by Crippen LogP contribution is 2.34. The number of rotatable bonds is 4. The molecule has 2 aromatic carbocycles. The molecule has 2 saturated heterocycles. The van der Waals surface area contributed by atoms with Crippen LogP contribution in [0.25, 0.3) is 10.9 Å². The summed E-state index contributed by atoms with van der Waals surface area (Å²) in [6.45, 7) is 5.37. The number of benzene rings is 2. The Morgan fingerprint density at radius 3 is 2.50 bits per heavy atom. The number of ether oxygens (including phenoxy) is 1. The molecule has 2 fully saturated rings. The molecule has 5 rings (SSSR count). The molecule has 7 nitrogen and oxygen atoms in total. The highest BCUT2D eigenvalue weighted by Gasteiger charge is 2.24. The van der Waals surface area contributed by atoms with Gasteiger partial charge in [-0.2, -0.15) is 5.10 Å². The van der Waals surface area contributed by atoms with Crippen molar-refractivity contribution in [3.05, 3.63) is 54.1 Å². The van der Waals surface area contributed by atoms with Crippen LogP contribution in [0.3, 0.4) is 0 Å². The van der Waals surface area contributed by atoms with E-state index in [1.54, 1.807) is 0 Å². The molecular weight excluding hydrogens is 378 g/mol. The van der Waals surface area contributed by atoms with Gasteiger partial charge in [-0.1, -0.05) is 36.4 Å². The van der Waals surface area contributed by atoms with Gasteiger partial charge in [-0.15, -0.1) is 0 Å². The van der Waals surface area contributed by atoms with E-state index in [2.05, 4.69) is 40.5 Å². The molecule has 0 spiro atoms. The number of likely N-dealkylation sites (tertiary alicyclic amines) is 1. The Hall–Kier alpha value is -3.06. The standard InChI is InChI=1S/C23H27N5O2/c29-23(27-11-4-5-12-27)24-22-21-19(26-13-15-30-16-14-26)9-6-10-20(21)28(25-22)17-18-7-2-1-3-8-18/h1-3,6-10H,4-5,11-17H2,(H,24,25,29). The quantitative estimate of drug-likeness (QED) is 0.721. The topological polar surface area (TPSA) is 62.6 Å². The van der Waals surface area contributed by atoms with Crippen molar-refractivity contribution >= 4 is 28.4 Å². The zero-order valence-corrected chi connectivity index (χ0v) is 17.1. The van der Waals surface area contributed by atoms with E-state index < -0.39 is 0 Å². The zero-order valence-electron chi connectivity index (χ0n) is 17.1. The number of nitrogens with one attached hydrogen (secondary N) is 1. The van der Waals surface area contributed by atoms with Crippen LogP contribution < -0.4 is 10.2 Å². The number of morpholine rings is 1. The van der Waals surface area contributed by atoms with E-state index in [0.29, 0.717) is 25.6 Å². The van der Waals surface area contributed by atoms with Crippen LogP contribution in [0.15, 0.2) is 48.5 Å². The van der Waals surface area contributed by atoms with Gasteiger partial charge in [-0.3, -0.25) is 10.00 Å². The zero-order chi connectivity index (χ0) is 20.3. The molecule has 1 aromatic heterocycles. The molecule has 3 heterocycles. The Morgan fingerprint density at radius 1 is 0.967 bits per heavy atom. The molecule has 2 amide bonds. The van der Waals surface area contributed by atoms with Gasteiger partial charge in [0.1, 0.15) is 0 Å². The number of hydrogen-bond acceptors (Lipinski definition) is 4. The summed E-state index contributed by atoms with van der Waals surface area (Å²) in [5.41, 5.74) is 3.31. The Morgan fingerprint density at radius 2 is 1.73 bits per heavy atom. The molecule has 2 aliphatic heterocycles. The third-order valence-corrected chi connectivity index (χ3v) is 5.90. The highest BCUT2D eigenvalue weighted by molar-refractivity contribution is 6.05. The smallest absolute Gasteiger partial charge is 0.323 e. The van der Waals surface area contributed by atoms with Crippen LogP contribution in [-0.4, -0.2) is 60.1 Å². The fraction of sp³-hybridized carbons (Fsp3) is 0.391. The van der Waals surface area contributed by atoms with Gasteiger partial charge in [-0.05, 0) is 30.5 Å². The lowest BCUT2D eigenvalue weighted by Crippen LogP contribution is -2.36. The maximum atomic E-state index is 12.8. The van der Waals surface area contributed by atoms with E-state index in [1.807, 2.05) is 27.8 Å². The molecule has 0 atom stereocenters. The van der Waals surface area contributed by atoms with Crippen molar-refractivity contribution in [3.63, 3.8) is 0 Å². The van der Waals surface area contributed by atoms with Crippen LogP contribution in [0.1, 0.15) is 18.4 Å². The van der Waals surface area contributed by atoms with Gasteiger partial charge in [0, 0.05) is 26.2 Å². The third-order valence-electron chi connectivity index (χ3n) is 5.90. The molecule has 0 aliphatic carbocycles. The number of urea groups is 1. The van der Waals surface area contributed by atoms with Crippen LogP contribution in [0.2, 0.25) is 0 Å². The molecular formula is C23H27N5O2. The Kier molecular flexibility index (Phi) is 5.27. The first-order valence-corrected chi connectivity index (χ1v) is 10.7. The second kappa shape index (κ2) is 8.36. The predicted octanol–water partition coefficient (Wildman–Crippen LogP) is 3.55. The summed E-state index contributed by atoms with van der Waals surface area (Å²) in [7, 11) is 0. The normalized spacial score (nSPS) is 16.9. The lowest BCUT2D eigenvalue weighted by molar-refractivity contribution is 0.123. The van der Waals surface area contributed by atoms with E-state index in [1.165, 1.54) is 5.56 Å². The summed E-state index contributed by atoms with van der Waals surface area (Å²) in [4.78, 5) is 17.0. The molecule has 0 saturated carbocycles. The first-order valence-electron chi connectivity index (χ1n) is 10.7. The van der Waals surface area contributed by atoms with Crippen molar-refractivity contribution in [1.82, 2.24) is 14.7 Å². The Balaban J connectivity index is 1.56. The van der Waals surface area contributed by atoms with Crippen LogP contribution in [-0.2, 0) is 11.3 Å². The molecule has 30 heavy (non-hydrogen) atoms. The summed E-state index contributed by atoms with van der Waals surface area (Å²) >= 11 is 0. The number of amides is 2. The molecule has 0 unspecified atom stereocenters. The van der Waals surface area contributed by atoms with Gasteiger partial charge in [-0.25, -0.2) is 4.79 Å². The van der Waals surface area contributed by atoms with Crippen molar-refractivity contribution in [3.8, 4) is 0 Å². The van der Waals surface area contributed by atoms with Gasteiger partial charge >= 0.3 is 6.03 Å². The fourth-order valence-corrected chi connectivity index (χ4v) is 4.34. The van der Waals surface area contributed by atoms with E-state index >= 15 is 0 Å². The minimum Gasteiger partial charge on any atom is -0.378 e. The lowest BCUT2D eigenvalue weighted by atomic mass is 10.1. The van der Waals surface area contributed by atoms with E-state index in [0.717, 1.165) is 55.6 Å². The first-order chi connectivity index (χ1) is 14.8. The van der Waals surface area contributed by atoms with Crippen LogP contribution in [0, 0.1) is 0 Å². The molecule has 3 aromatic rings. The number of carbonyl (C=O) groups is 1. The van der Waals surface area contributed by atoms with Gasteiger partial charge in [0.25, 0.3) is 0 Å². The minimum atomic E-state index is -0.0597. The van der Waals surface area contributed by atoms with E-state index in [4.69, 9.17) is 9.84 Å². The minimum absolute atomic E-state index is 0.0597. The average molecular weight is 406 g/mol. The molecule has 7 heteroatoms. The van der Waals surface area contributed by atoms with Crippen molar-refractivity contribution < 1.29 is 9.53 Å². The van der Waals surface area contributed by atoms with Gasteiger partial charge < -0.3 is 14.5 Å². The summed E-state index contributed by atoms with van der Waals surface area (Å²) in [6.07, 6.45) is 2.13. The SMILES string of the molecule is O=C(Nc1nn(Cc2ccccc2)c2cccc(N3CCOCC3)c12)N1CCCC1. The van der Waals surface area contributed by atoms with Crippen LogP contribution >= 0.6 is 0 Å². The molecule has 2 aliphatic rings. The fourth-order valence-electron chi connectivity index (χ4n) is 4.34. The van der Waals surface area contributed by atoms with Crippen LogP contribution in [0.5, 0.6) is 0 Å². The maximum Gasteiger partial charge on any atom is 0.323 e. The van der Waals surface area contributed by atoms with Gasteiger partial charge in [0.05, 0.1) is 36.3 Å². The molecule has 1 N–H and O–H groups in total. The summed E-state index contributed by atoms with van der Waals surface area (Å²) in [5.74, 6) is 0.639. The average Bonchev–Trinajstić information content (AvgIpc) is 3.44. The van der Waals surface area contributed by atoms with E-state index in [-0.39, 0.29) is 6.03 Å². The van der Waals surface area contributed by atoms with Crippen molar-refractivity contribution in [2.24, 2.45) is 0 Å². The third kappa shape index (κ3) is 3.73. The number of carbonyl (C=O) groups excluding carboxylic acids is 1. The van der Waals surface area contributed by atoms with E-state index in [9.17, 15) is 4.79 Å². The predicted molar refractivity (Wildman–Crippen MR) is 118 cm³/mol. The first kappa shape index (κ1) is 18.9. The summed E-state index contributed by atoms with van der Waals surface area (Å²) in [5, 5.41) is 8.96. The number of hydrogen-bond donors (Lipinski definition) is 1. The number of aromatic nitrogens is 2.